The third-order valence-electron chi connectivity index (χ3n) is 6.56. The summed E-state index contributed by atoms with van der Waals surface area (Å²) < 4.78 is 10.7. The second-order valence-corrected chi connectivity index (χ2v) is 9.79. The lowest BCUT2D eigenvalue weighted by Crippen LogP contribution is -2.52. The van der Waals surface area contributed by atoms with Gasteiger partial charge in [0, 0.05) is 6.42 Å². The third kappa shape index (κ3) is 8.16. The summed E-state index contributed by atoms with van der Waals surface area (Å²) in [6.45, 7) is 1.69. The van der Waals surface area contributed by atoms with Crippen LogP contribution in [0.3, 0.4) is 0 Å². The van der Waals surface area contributed by atoms with Gasteiger partial charge >= 0.3 is 5.97 Å². The van der Waals surface area contributed by atoms with Crippen LogP contribution in [0.25, 0.3) is 0 Å². The van der Waals surface area contributed by atoms with Crippen molar-refractivity contribution in [1.29, 1.82) is 5.26 Å². The van der Waals surface area contributed by atoms with Crippen molar-refractivity contribution in [3.63, 3.8) is 0 Å². The zero-order valence-corrected chi connectivity index (χ0v) is 23.0. The molecule has 0 saturated heterocycles. The number of amides is 2. The van der Waals surface area contributed by atoms with E-state index in [4.69, 9.17) is 14.3 Å². The maximum Gasteiger partial charge on any atom is 0.371 e. The maximum absolute atomic E-state index is 13.8. The van der Waals surface area contributed by atoms with E-state index in [1.54, 1.807) is 0 Å². The van der Waals surface area contributed by atoms with Crippen LogP contribution in [0.4, 0.5) is 0 Å². The largest absolute Gasteiger partial charge is 0.475 e. The third-order valence-corrected chi connectivity index (χ3v) is 6.56. The zero-order valence-electron chi connectivity index (χ0n) is 23.0. The molecule has 0 saturated carbocycles. The van der Waals surface area contributed by atoms with Gasteiger partial charge in [-0.05, 0) is 35.7 Å². The van der Waals surface area contributed by atoms with E-state index in [1.807, 2.05) is 97.9 Å². The number of carboxylic acids is 1. The highest BCUT2D eigenvalue weighted by atomic mass is 16.5. The lowest BCUT2D eigenvalue weighted by Gasteiger charge is -2.24. The molecule has 1 aromatic heterocycles. The fraction of sp³-hybridized carbons (Fsp3) is 0.212. The minimum atomic E-state index is -1.20. The molecule has 3 N–H and O–H groups in total. The molecule has 0 aliphatic heterocycles. The summed E-state index contributed by atoms with van der Waals surface area (Å²) in [5.41, 5.74) is 3.42. The van der Waals surface area contributed by atoms with Crippen LogP contribution in [-0.4, -0.2) is 41.6 Å². The number of furan rings is 1. The number of rotatable bonds is 13. The highest BCUT2D eigenvalue weighted by molar-refractivity contribution is 5.92. The van der Waals surface area contributed by atoms with E-state index in [2.05, 4.69) is 10.6 Å². The molecular weight excluding hydrogens is 534 g/mol. The van der Waals surface area contributed by atoms with Gasteiger partial charge in [-0.15, -0.1) is 0 Å². The maximum atomic E-state index is 13.8. The second-order valence-electron chi connectivity index (χ2n) is 9.79. The first-order valence-electron chi connectivity index (χ1n) is 13.4. The van der Waals surface area contributed by atoms with Crippen LogP contribution in [0.15, 0.2) is 101 Å². The lowest BCUT2D eigenvalue weighted by atomic mass is 9.90. The first-order chi connectivity index (χ1) is 20.3. The van der Waals surface area contributed by atoms with Gasteiger partial charge in [0.05, 0.1) is 18.6 Å². The molecule has 2 amide bonds. The van der Waals surface area contributed by atoms with Crippen molar-refractivity contribution in [1.82, 2.24) is 10.6 Å². The molecule has 0 aliphatic rings. The Morgan fingerprint density at radius 3 is 2.12 bits per heavy atom. The summed E-state index contributed by atoms with van der Waals surface area (Å²) in [6, 6.07) is 29.1. The average Bonchev–Trinajstić information content (AvgIpc) is 3.47. The first kappa shape index (κ1) is 29.8. The molecule has 9 heteroatoms. The Balaban J connectivity index is 1.50. The van der Waals surface area contributed by atoms with Gasteiger partial charge in [-0.2, -0.15) is 5.26 Å². The van der Waals surface area contributed by atoms with Crippen molar-refractivity contribution in [2.75, 3.05) is 6.61 Å². The molecule has 9 nitrogen and oxygen atoms in total. The minimum Gasteiger partial charge on any atom is -0.475 e. The second kappa shape index (κ2) is 14.4. The number of nitrogens with zero attached hydrogens (tertiary/aromatic N) is 1. The Bertz CT molecular complexity index is 1510. The summed E-state index contributed by atoms with van der Waals surface area (Å²) in [5, 5.41) is 24.3. The predicted molar refractivity (Wildman–Crippen MR) is 154 cm³/mol. The van der Waals surface area contributed by atoms with Crippen LogP contribution in [0, 0.1) is 18.3 Å². The van der Waals surface area contributed by atoms with E-state index in [0.717, 1.165) is 22.3 Å². The van der Waals surface area contributed by atoms with E-state index in [9.17, 15) is 19.6 Å². The van der Waals surface area contributed by atoms with Crippen LogP contribution >= 0.6 is 0 Å². The van der Waals surface area contributed by atoms with Crippen molar-refractivity contribution < 1.29 is 28.6 Å². The number of aryl methyl sites for hydroxylation is 1. The van der Waals surface area contributed by atoms with Gasteiger partial charge in [0.25, 0.3) is 0 Å². The van der Waals surface area contributed by atoms with E-state index in [1.165, 1.54) is 12.1 Å². The van der Waals surface area contributed by atoms with Gasteiger partial charge in [0.1, 0.15) is 24.5 Å². The SMILES string of the molecule is Cc1cccc(C[C@H](NC(=O)C(c2ccccc2)c2ccccc2)C(=O)N[C@H](C#N)COCc2ccc(C(=O)O)o2)c1. The number of carboxylic acid groups (broad SMARTS) is 1. The van der Waals surface area contributed by atoms with Crippen molar-refractivity contribution >= 4 is 17.8 Å². The van der Waals surface area contributed by atoms with Gasteiger partial charge in [-0.25, -0.2) is 4.79 Å². The highest BCUT2D eigenvalue weighted by Gasteiger charge is 2.29. The number of nitrogens with one attached hydrogen (secondary N) is 2. The topological polar surface area (TPSA) is 142 Å². The summed E-state index contributed by atoms with van der Waals surface area (Å²) >= 11 is 0. The fourth-order valence-corrected chi connectivity index (χ4v) is 4.56. The molecule has 214 valence electrons. The number of benzene rings is 3. The van der Waals surface area contributed by atoms with Crippen molar-refractivity contribution in [2.45, 2.75) is 38.0 Å². The summed E-state index contributed by atoms with van der Waals surface area (Å²) in [6.07, 6.45) is 0.207. The van der Waals surface area contributed by atoms with E-state index >= 15 is 0 Å². The monoisotopic (exact) mass is 565 g/mol. The Morgan fingerprint density at radius 2 is 1.55 bits per heavy atom. The average molecular weight is 566 g/mol. The number of ether oxygens (including phenoxy) is 1. The van der Waals surface area contributed by atoms with Crippen LogP contribution < -0.4 is 10.6 Å². The molecule has 0 bridgehead atoms. The van der Waals surface area contributed by atoms with Crippen LogP contribution in [0.5, 0.6) is 0 Å². The molecule has 3 aromatic carbocycles. The quantitative estimate of drug-likeness (QED) is 0.219. The summed E-state index contributed by atoms with van der Waals surface area (Å²) in [4.78, 5) is 38.3. The van der Waals surface area contributed by atoms with Crippen molar-refractivity contribution in [3.8, 4) is 6.07 Å². The standard InChI is InChI=1S/C33H31N3O6/c1-22-9-8-10-23(17-22)18-28(31(37)35-26(19-34)20-41-21-27-15-16-29(42-27)33(39)40)36-32(38)30(24-11-4-2-5-12-24)25-13-6-3-7-14-25/h2-17,26,28,30H,18,20-21H2,1H3,(H,35,37)(H,36,38)(H,39,40)/t26-,28+/m1/s1. The van der Waals surface area contributed by atoms with Gasteiger partial charge in [0.2, 0.25) is 17.6 Å². The number of hydrogen-bond donors (Lipinski definition) is 3. The smallest absolute Gasteiger partial charge is 0.371 e. The molecular formula is C33H31N3O6. The number of hydrogen-bond acceptors (Lipinski definition) is 6. The lowest BCUT2D eigenvalue weighted by molar-refractivity contribution is -0.129. The van der Waals surface area contributed by atoms with Gasteiger partial charge in [-0.1, -0.05) is 90.5 Å². The van der Waals surface area contributed by atoms with Crippen LogP contribution in [0.1, 0.15) is 44.5 Å². The molecule has 0 unspecified atom stereocenters. The highest BCUT2D eigenvalue weighted by Crippen LogP contribution is 2.25. The number of carbonyl (C=O) groups excluding carboxylic acids is 2. The molecule has 4 aromatic rings. The summed E-state index contributed by atoms with van der Waals surface area (Å²) in [7, 11) is 0. The Labute approximate surface area is 243 Å². The Hall–Kier alpha value is -5.20. The summed E-state index contributed by atoms with van der Waals surface area (Å²) in [5.74, 6) is -2.69. The number of aromatic carboxylic acids is 1. The van der Waals surface area contributed by atoms with Crippen LogP contribution in [-0.2, 0) is 27.4 Å². The number of carbonyl (C=O) groups is 3. The van der Waals surface area contributed by atoms with E-state index < -0.39 is 29.9 Å². The van der Waals surface area contributed by atoms with E-state index in [-0.39, 0.29) is 37.1 Å². The van der Waals surface area contributed by atoms with Gasteiger partial charge in [0.15, 0.2) is 0 Å². The first-order valence-corrected chi connectivity index (χ1v) is 13.4. The Kier molecular flexibility index (Phi) is 10.2. The molecule has 4 rings (SSSR count). The molecule has 0 radical (unpaired) electrons. The molecule has 0 spiro atoms. The van der Waals surface area contributed by atoms with Gasteiger partial charge in [-0.3, -0.25) is 9.59 Å². The molecule has 2 atom stereocenters. The van der Waals surface area contributed by atoms with Gasteiger partial charge < -0.3 is 24.9 Å². The number of nitriles is 1. The molecule has 42 heavy (non-hydrogen) atoms. The molecule has 0 aliphatic carbocycles. The fourth-order valence-electron chi connectivity index (χ4n) is 4.56. The predicted octanol–water partition coefficient (Wildman–Crippen LogP) is 4.37. The minimum absolute atomic E-state index is 0.0827. The normalized spacial score (nSPS) is 12.2. The Morgan fingerprint density at radius 1 is 0.881 bits per heavy atom. The molecule has 1 heterocycles. The van der Waals surface area contributed by atoms with Crippen molar-refractivity contribution in [3.05, 3.63) is 131 Å². The van der Waals surface area contributed by atoms with Crippen molar-refractivity contribution in [2.24, 2.45) is 0 Å². The molecule has 0 fully saturated rings. The van der Waals surface area contributed by atoms with Crippen LogP contribution in [0.2, 0.25) is 0 Å². The zero-order chi connectivity index (χ0) is 29.9. The van der Waals surface area contributed by atoms with E-state index in [0.29, 0.717) is 0 Å².